The van der Waals surface area contributed by atoms with Gasteiger partial charge >= 0.3 is 6.18 Å². The molecule has 2 aliphatic heterocycles. The first-order chi connectivity index (χ1) is 11.9. The summed E-state index contributed by atoms with van der Waals surface area (Å²) in [5.41, 5.74) is 0.757. The molecule has 2 aliphatic rings. The lowest BCUT2D eigenvalue weighted by molar-refractivity contribution is -0.137. The lowest BCUT2D eigenvalue weighted by Crippen LogP contribution is -2.42. The van der Waals surface area contributed by atoms with Crippen molar-refractivity contribution in [3.63, 3.8) is 0 Å². The van der Waals surface area contributed by atoms with Gasteiger partial charge in [0.15, 0.2) is 0 Å². The summed E-state index contributed by atoms with van der Waals surface area (Å²) in [5.74, 6) is -0.109. The summed E-state index contributed by atoms with van der Waals surface area (Å²) in [5, 5.41) is 8.36. The van der Waals surface area contributed by atoms with Crippen LogP contribution in [0, 0.1) is 0 Å². The van der Waals surface area contributed by atoms with Gasteiger partial charge in [0.1, 0.15) is 0 Å². The molecule has 1 aromatic heterocycles. The van der Waals surface area contributed by atoms with E-state index in [0.717, 1.165) is 30.5 Å². The quantitative estimate of drug-likeness (QED) is 0.860. The van der Waals surface area contributed by atoms with Crippen molar-refractivity contribution in [3.8, 4) is 11.1 Å². The number of carbonyl (C=O) groups is 1. The van der Waals surface area contributed by atoms with E-state index in [1.54, 1.807) is 11.4 Å². The largest absolute Gasteiger partial charge is 0.416 e. The molecule has 2 aromatic rings. The number of thiophene rings is 1. The molecular formula is C18H17F3N2OS. The second-order valence-corrected chi connectivity index (χ2v) is 7.55. The molecule has 3 heterocycles. The molecule has 1 aromatic carbocycles. The lowest BCUT2D eigenvalue weighted by atomic mass is 9.95. The van der Waals surface area contributed by atoms with Crippen molar-refractivity contribution in [1.29, 1.82) is 0 Å². The Morgan fingerprint density at radius 1 is 1.16 bits per heavy atom. The molecule has 2 N–H and O–H groups in total. The van der Waals surface area contributed by atoms with Gasteiger partial charge in [-0.3, -0.25) is 4.79 Å². The van der Waals surface area contributed by atoms with Gasteiger partial charge in [-0.15, -0.1) is 11.3 Å². The third-order valence-corrected chi connectivity index (χ3v) is 5.91. The summed E-state index contributed by atoms with van der Waals surface area (Å²) in [6, 6.07) is 7.79. The van der Waals surface area contributed by atoms with E-state index in [0.29, 0.717) is 22.5 Å². The maximum absolute atomic E-state index is 12.6. The van der Waals surface area contributed by atoms with E-state index in [1.165, 1.54) is 29.9 Å². The first kappa shape index (κ1) is 16.6. The zero-order valence-corrected chi connectivity index (χ0v) is 14.1. The van der Waals surface area contributed by atoms with Crippen molar-refractivity contribution in [2.24, 2.45) is 0 Å². The van der Waals surface area contributed by atoms with Gasteiger partial charge in [-0.2, -0.15) is 13.2 Å². The standard InChI is InChI=1S/C18H17F3N2OS/c19-18(20,21)12-3-1-10(2-4-12)11-7-16(25-9-11)17(24)23-15-8-13-5-6-14(15)22-13/h1-4,7,9,13-15,22H,5-6,8H2,(H,23,24). The van der Waals surface area contributed by atoms with Crippen LogP contribution in [0.25, 0.3) is 11.1 Å². The number of carbonyl (C=O) groups excluding carboxylic acids is 1. The van der Waals surface area contributed by atoms with Gasteiger partial charge in [0.05, 0.1) is 10.4 Å². The summed E-state index contributed by atoms with van der Waals surface area (Å²) < 4.78 is 37.9. The summed E-state index contributed by atoms with van der Waals surface area (Å²) >= 11 is 1.31. The molecule has 0 aliphatic carbocycles. The normalized spacial score (nSPS) is 25.3. The third-order valence-electron chi connectivity index (χ3n) is 4.99. The Morgan fingerprint density at radius 3 is 2.52 bits per heavy atom. The Bertz CT molecular complexity index is 784. The molecule has 2 bridgehead atoms. The van der Waals surface area contributed by atoms with E-state index < -0.39 is 11.7 Å². The highest BCUT2D eigenvalue weighted by Crippen LogP contribution is 2.33. The highest BCUT2D eigenvalue weighted by atomic mass is 32.1. The predicted octanol–water partition coefficient (Wildman–Crippen LogP) is 4.06. The van der Waals surface area contributed by atoms with Crippen molar-refractivity contribution in [2.75, 3.05) is 0 Å². The molecule has 3 unspecified atom stereocenters. The molecule has 2 saturated heterocycles. The minimum atomic E-state index is -4.34. The minimum Gasteiger partial charge on any atom is -0.347 e. The number of benzene rings is 1. The Labute approximate surface area is 147 Å². The smallest absolute Gasteiger partial charge is 0.347 e. The average molecular weight is 366 g/mol. The van der Waals surface area contributed by atoms with E-state index in [-0.39, 0.29) is 11.9 Å². The van der Waals surface area contributed by atoms with Crippen LogP contribution in [-0.4, -0.2) is 24.0 Å². The SMILES string of the molecule is O=C(NC1CC2CCC1N2)c1cc(-c2ccc(C(F)(F)F)cc2)cs1. The maximum Gasteiger partial charge on any atom is 0.416 e. The molecule has 1 amide bonds. The van der Waals surface area contributed by atoms with E-state index in [9.17, 15) is 18.0 Å². The van der Waals surface area contributed by atoms with Crippen LogP contribution in [0.1, 0.15) is 34.5 Å². The number of nitrogens with one attached hydrogen (secondary N) is 2. The van der Waals surface area contributed by atoms with Crippen LogP contribution in [0.3, 0.4) is 0 Å². The zero-order valence-electron chi connectivity index (χ0n) is 13.3. The van der Waals surface area contributed by atoms with E-state index in [4.69, 9.17) is 0 Å². The first-order valence-corrected chi connectivity index (χ1v) is 9.11. The zero-order chi connectivity index (χ0) is 17.6. The third kappa shape index (κ3) is 3.30. The monoisotopic (exact) mass is 366 g/mol. The first-order valence-electron chi connectivity index (χ1n) is 8.23. The number of amides is 1. The van der Waals surface area contributed by atoms with Crippen molar-refractivity contribution in [3.05, 3.63) is 46.2 Å². The molecule has 25 heavy (non-hydrogen) atoms. The molecule has 3 atom stereocenters. The number of halogens is 3. The van der Waals surface area contributed by atoms with Gasteiger partial charge in [0.2, 0.25) is 0 Å². The van der Waals surface area contributed by atoms with Crippen molar-refractivity contribution < 1.29 is 18.0 Å². The van der Waals surface area contributed by atoms with Gasteiger partial charge < -0.3 is 10.6 Å². The van der Waals surface area contributed by atoms with Gasteiger partial charge in [0.25, 0.3) is 5.91 Å². The van der Waals surface area contributed by atoms with Gasteiger partial charge in [0, 0.05) is 18.1 Å². The maximum atomic E-state index is 12.6. The molecule has 7 heteroatoms. The molecule has 4 rings (SSSR count). The predicted molar refractivity (Wildman–Crippen MR) is 90.6 cm³/mol. The molecule has 132 valence electrons. The van der Waals surface area contributed by atoms with Crippen molar-refractivity contribution >= 4 is 17.2 Å². The van der Waals surface area contributed by atoms with Crippen LogP contribution < -0.4 is 10.6 Å². The highest BCUT2D eigenvalue weighted by molar-refractivity contribution is 7.12. The van der Waals surface area contributed by atoms with E-state index >= 15 is 0 Å². The second kappa shape index (κ2) is 6.14. The summed E-state index contributed by atoms with van der Waals surface area (Å²) in [6.07, 6.45) is -1.11. The number of rotatable bonds is 3. The highest BCUT2D eigenvalue weighted by Gasteiger charge is 2.39. The summed E-state index contributed by atoms with van der Waals surface area (Å²) in [7, 11) is 0. The number of hydrogen-bond donors (Lipinski definition) is 2. The molecular weight excluding hydrogens is 349 g/mol. The topological polar surface area (TPSA) is 41.1 Å². The summed E-state index contributed by atoms with van der Waals surface area (Å²) in [6.45, 7) is 0. The minimum absolute atomic E-state index is 0.109. The van der Waals surface area contributed by atoms with Crippen molar-refractivity contribution in [2.45, 2.75) is 43.6 Å². The molecule has 0 spiro atoms. The van der Waals surface area contributed by atoms with Gasteiger partial charge in [-0.05, 0) is 54.0 Å². The summed E-state index contributed by atoms with van der Waals surface area (Å²) in [4.78, 5) is 13.0. The number of hydrogen-bond acceptors (Lipinski definition) is 3. The number of fused-ring (bicyclic) bond motifs is 2. The van der Waals surface area contributed by atoms with Crippen LogP contribution >= 0.6 is 11.3 Å². The van der Waals surface area contributed by atoms with Gasteiger partial charge in [-0.25, -0.2) is 0 Å². The van der Waals surface area contributed by atoms with Crippen LogP contribution in [-0.2, 0) is 6.18 Å². The molecule has 0 radical (unpaired) electrons. The Kier molecular flexibility index (Phi) is 4.08. The molecule has 3 nitrogen and oxygen atoms in total. The van der Waals surface area contributed by atoms with Crippen LogP contribution in [0.4, 0.5) is 13.2 Å². The van der Waals surface area contributed by atoms with Gasteiger partial charge in [-0.1, -0.05) is 12.1 Å². The van der Waals surface area contributed by atoms with Crippen LogP contribution in [0.15, 0.2) is 35.7 Å². The molecule has 2 fully saturated rings. The van der Waals surface area contributed by atoms with E-state index in [1.807, 2.05) is 0 Å². The van der Waals surface area contributed by atoms with Crippen LogP contribution in [0.2, 0.25) is 0 Å². The average Bonchev–Trinajstić information content (AvgIpc) is 3.30. The fraction of sp³-hybridized carbons (Fsp3) is 0.389. The fourth-order valence-electron chi connectivity index (χ4n) is 3.68. The Balaban J connectivity index is 1.45. The van der Waals surface area contributed by atoms with Crippen LogP contribution in [0.5, 0.6) is 0 Å². The van der Waals surface area contributed by atoms with E-state index in [2.05, 4.69) is 10.6 Å². The fourth-order valence-corrected chi connectivity index (χ4v) is 4.50. The number of alkyl halides is 3. The molecule has 0 saturated carbocycles. The Morgan fingerprint density at radius 2 is 1.92 bits per heavy atom. The van der Waals surface area contributed by atoms with Crippen molar-refractivity contribution in [1.82, 2.24) is 10.6 Å². The lowest BCUT2D eigenvalue weighted by Gasteiger charge is -2.20. The Hall–Kier alpha value is -1.86. The second-order valence-electron chi connectivity index (χ2n) is 6.64.